The first-order valence-electron chi connectivity index (χ1n) is 5.15. The number of carbonyl (C=O) groups excluding carboxylic acids is 1. The van der Waals surface area contributed by atoms with Gasteiger partial charge in [-0.2, -0.15) is 0 Å². The third-order valence-corrected chi connectivity index (χ3v) is 2.27. The van der Waals surface area contributed by atoms with E-state index in [2.05, 4.69) is 5.16 Å². The number of aromatic nitrogens is 1. The number of nitrogens with zero attached hydrogens (tertiary/aromatic N) is 1. The van der Waals surface area contributed by atoms with E-state index in [1.54, 1.807) is 30.3 Å². The maximum absolute atomic E-state index is 10.2. The summed E-state index contributed by atoms with van der Waals surface area (Å²) in [6.45, 7) is 0. The SMILES string of the molecule is O=CCC=Cc1ccc(O)c(-c2ccno2)c1. The molecule has 0 saturated heterocycles. The first-order chi connectivity index (χ1) is 8.31. The Morgan fingerprint density at radius 2 is 2.24 bits per heavy atom. The molecule has 0 fully saturated rings. The molecule has 0 saturated carbocycles. The summed E-state index contributed by atoms with van der Waals surface area (Å²) >= 11 is 0. The van der Waals surface area contributed by atoms with Crippen molar-refractivity contribution in [1.29, 1.82) is 0 Å². The fourth-order valence-electron chi connectivity index (χ4n) is 1.47. The zero-order valence-electron chi connectivity index (χ0n) is 9.04. The lowest BCUT2D eigenvalue weighted by Crippen LogP contribution is -1.79. The van der Waals surface area contributed by atoms with Crippen LogP contribution in [0.15, 0.2) is 41.1 Å². The van der Waals surface area contributed by atoms with Gasteiger partial charge in [0.25, 0.3) is 0 Å². The molecule has 1 aromatic carbocycles. The molecule has 0 bridgehead atoms. The molecule has 2 rings (SSSR count). The molecule has 0 aliphatic rings. The third-order valence-electron chi connectivity index (χ3n) is 2.27. The summed E-state index contributed by atoms with van der Waals surface area (Å²) in [5, 5.41) is 13.3. The van der Waals surface area contributed by atoms with Gasteiger partial charge in [-0.05, 0) is 17.7 Å². The number of aldehydes is 1. The van der Waals surface area contributed by atoms with Crippen molar-refractivity contribution in [2.75, 3.05) is 0 Å². The van der Waals surface area contributed by atoms with Gasteiger partial charge in [-0.1, -0.05) is 23.4 Å². The van der Waals surface area contributed by atoms with E-state index >= 15 is 0 Å². The summed E-state index contributed by atoms with van der Waals surface area (Å²) in [4.78, 5) is 10.2. The van der Waals surface area contributed by atoms with Gasteiger partial charge < -0.3 is 14.4 Å². The largest absolute Gasteiger partial charge is 0.507 e. The van der Waals surface area contributed by atoms with Crippen LogP contribution in [0, 0.1) is 0 Å². The lowest BCUT2D eigenvalue weighted by molar-refractivity contribution is -0.107. The second-order valence-corrected chi connectivity index (χ2v) is 3.46. The highest BCUT2D eigenvalue weighted by Crippen LogP contribution is 2.29. The number of allylic oxidation sites excluding steroid dienone is 1. The van der Waals surface area contributed by atoms with Crippen molar-refractivity contribution in [3.05, 3.63) is 42.1 Å². The van der Waals surface area contributed by atoms with Crippen molar-refractivity contribution in [3.8, 4) is 17.1 Å². The molecule has 0 unspecified atom stereocenters. The minimum Gasteiger partial charge on any atom is -0.507 e. The second-order valence-electron chi connectivity index (χ2n) is 3.46. The van der Waals surface area contributed by atoms with E-state index in [4.69, 9.17) is 4.52 Å². The number of phenolic OH excluding ortho intramolecular Hbond substituents is 1. The van der Waals surface area contributed by atoms with Crippen LogP contribution < -0.4 is 0 Å². The van der Waals surface area contributed by atoms with Crippen molar-refractivity contribution < 1.29 is 14.4 Å². The normalized spacial score (nSPS) is 10.8. The van der Waals surface area contributed by atoms with Crippen molar-refractivity contribution >= 4 is 12.4 Å². The predicted octanol–water partition coefficient (Wildman–Crippen LogP) is 2.65. The zero-order chi connectivity index (χ0) is 12.1. The summed E-state index contributed by atoms with van der Waals surface area (Å²) in [5.74, 6) is 0.641. The van der Waals surface area contributed by atoms with E-state index in [9.17, 15) is 9.90 Å². The van der Waals surface area contributed by atoms with Crippen LogP contribution in [-0.4, -0.2) is 16.5 Å². The van der Waals surface area contributed by atoms with Crippen LogP contribution in [0.2, 0.25) is 0 Å². The van der Waals surface area contributed by atoms with E-state index < -0.39 is 0 Å². The first-order valence-corrected chi connectivity index (χ1v) is 5.15. The second kappa shape index (κ2) is 5.12. The molecule has 0 aliphatic heterocycles. The van der Waals surface area contributed by atoms with Crippen molar-refractivity contribution in [1.82, 2.24) is 5.16 Å². The number of hydrogen-bond donors (Lipinski definition) is 1. The van der Waals surface area contributed by atoms with Gasteiger partial charge in [0.2, 0.25) is 0 Å². The van der Waals surface area contributed by atoms with Gasteiger partial charge in [0.1, 0.15) is 12.0 Å². The van der Waals surface area contributed by atoms with E-state index in [0.29, 0.717) is 17.7 Å². The summed E-state index contributed by atoms with van der Waals surface area (Å²) in [6.07, 6.45) is 6.29. The van der Waals surface area contributed by atoms with Crippen molar-refractivity contribution in [2.24, 2.45) is 0 Å². The molecule has 0 amide bonds. The van der Waals surface area contributed by atoms with E-state index in [0.717, 1.165) is 11.8 Å². The number of carbonyl (C=O) groups is 1. The highest BCUT2D eigenvalue weighted by molar-refractivity contribution is 5.69. The molecule has 4 nitrogen and oxygen atoms in total. The van der Waals surface area contributed by atoms with E-state index in [1.165, 1.54) is 6.20 Å². The summed E-state index contributed by atoms with van der Waals surface area (Å²) < 4.78 is 4.99. The topological polar surface area (TPSA) is 63.3 Å². The van der Waals surface area contributed by atoms with E-state index in [1.807, 2.05) is 6.08 Å². The minimum absolute atomic E-state index is 0.134. The van der Waals surface area contributed by atoms with Crippen molar-refractivity contribution in [2.45, 2.75) is 6.42 Å². The number of aromatic hydroxyl groups is 1. The Morgan fingerprint density at radius 3 is 2.94 bits per heavy atom. The van der Waals surface area contributed by atoms with Crippen LogP contribution in [0.1, 0.15) is 12.0 Å². The quantitative estimate of drug-likeness (QED) is 0.818. The summed E-state index contributed by atoms with van der Waals surface area (Å²) in [7, 11) is 0. The fourth-order valence-corrected chi connectivity index (χ4v) is 1.47. The highest BCUT2D eigenvalue weighted by atomic mass is 16.5. The maximum Gasteiger partial charge on any atom is 0.170 e. The smallest absolute Gasteiger partial charge is 0.170 e. The monoisotopic (exact) mass is 229 g/mol. The molecule has 0 aliphatic carbocycles. The molecular weight excluding hydrogens is 218 g/mol. The van der Waals surface area contributed by atoms with Crippen LogP contribution in [-0.2, 0) is 4.79 Å². The van der Waals surface area contributed by atoms with Crippen LogP contribution in [0.5, 0.6) is 5.75 Å². The van der Waals surface area contributed by atoms with Crippen LogP contribution in [0.25, 0.3) is 17.4 Å². The van der Waals surface area contributed by atoms with Gasteiger partial charge in [-0.3, -0.25) is 0 Å². The lowest BCUT2D eigenvalue weighted by atomic mass is 10.1. The van der Waals surface area contributed by atoms with Gasteiger partial charge >= 0.3 is 0 Å². The Morgan fingerprint density at radius 1 is 1.35 bits per heavy atom. The molecule has 1 N–H and O–H groups in total. The number of phenols is 1. The highest BCUT2D eigenvalue weighted by Gasteiger charge is 2.07. The molecular formula is C13H11NO3. The minimum atomic E-state index is 0.134. The fraction of sp³-hybridized carbons (Fsp3) is 0.0769. The van der Waals surface area contributed by atoms with Crippen LogP contribution in [0.3, 0.4) is 0 Å². The average Bonchev–Trinajstić information content (AvgIpc) is 2.85. The molecule has 86 valence electrons. The summed E-state index contributed by atoms with van der Waals surface area (Å²) in [6, 6.07) is 6.79. The zero-order valence-corrected chi connectivity index (χ0v) is 9.04. The van der Waals surface area contributed by atoms with Crippen molar-refractivity contribution in [3.63, 3.8) is 0 Å². The Bertz CT molecular complexity index is 530. The molecule has 17 heavy (non-hydrogen) atoms. The Labute approximate surface area is 98.2 Å². The van der Waals surface area contributed by atoms with Gasteiger partial charge in [0.15, 0.2) is 5.76 Å². The first kappa shape index (κ1) is 11.1. The number of hydrogen-bond acceptors (Lipinski definition) is 4. The van der Waals surface area contributed by atoms with Gasteiger partial charge in [0.05, 0.1) is 11.8 Å². The number of benzene rings is 1. The Kier molecular flexibility index (Phi) is 3.35. The number of rotatable bonds is 4. The average molecular weight is 229 g/mol. The van der Waals surface area contributed by atoms with Crippen LogP contribution >= 0.6 is 0 Å². The summed E-state index contributed by atoms with van der Waals surface area (Å²) in [5.41, 5.74) is 1.46. The molecule has 1 aromatic heterocycles. The van der Waals surface area contributed by atoms with E-state index in [-0.39, 0.29) is 5.75 Å². The standard InChI is InChI=1S/C13H11NO3/c15-8-2-1-3-10-4-5-12(16)11(9-10)13-6-7-14-17-13/h1,3-9,16H,2H2. The molecule has 0 spiro atoms. The molecule has 0 atom stereocenters. The van der Waals surface area contributed by atoms with Gasteiger partial charge in [-0.25, -0.2) is 0 Å². The molecule has 2 aromatic rings. The lowest BCUT2D eigenvalue weighted by Gasteiger charge is -2.01. The van der Waals surface area contributed by atoms with Gasteiger partial charge in [-0.15, -0.1) is 0 Å². The molecule has 0 radical (unpaired) electrons. The Hall–Kier alpha value is -2.36. The Balaban J connectivity index is 2.33. The van der Waals surface area contributed by atoms with Gasteiger partial charge in [0, 0.05) is 12.5 Å². The third kappa shape index (κ3) is 2.60. The molecule has 1 heterocycles. The predicted molar refractivity (Wildman–Crippen MR) is 63.3 cm³/mol. The maximum atomic E-state index is 10.2. The van der Waals surface area contributed by atoms with Crippen LogP contribution in [0.4, 0.5) is 0 Å². The molecule has 4 heteroatoms.